The average Bonchev–Trinajstić information content (AvgIpc) is 3.17. The SMILES string of the molecule is CC(C)CCN1C[C@@H]2[C@H](NC(=O)C(C)(C)C)c3ccccc3[C@@H]2C1.O=C(O)C(F)(F)F. The Hall–Kier alpha value is -2.09. The maximum atomic E-state index is 12.6. The molecule has 1 aliphatic heterocycles. The molecular weight excluding hydrogens is 409 g/mol. The van der Waals surface area contributed by atoms with Gasteiger partial charge in [0.15, 0.2) is 0 Å². The second kappa shape index (κ2) is 9.59. The Balaban J connectivity index is 0.000000423. The van der Waals surface area contributed by atoms with Crippen LogP contribution in [0.3, 0.4) is 0 Å². The van der Waals surface area contributed by atoms with E-state index in [4.69, 9.17) is 9.90 Å². The number of aliphatic carboxylic acids is 1. The summed E-state index contributed by atoms with van der Waals surface area (Å²) < 4.78 is 31.7. The Labute approximate surface area is 182 Å². The van der Waals surface area contributed by atoms with Gasteiger partial charge in [-0.05, 0) is 30.0 Å². The number of amides is 1. The molecule has 3 atom stereocenters. The van der Waals surface area contributed by atoms with E-state index < -0.39 is 12.1 Å². The number of fused-ring (bicyclic) bond motifs is 3. The summed E-state index contributed by atoms with van der Waals surface area (Å²) in [6.45, 7) is 14.0. The van der Waals surface area contributed by atoms with E-state index in [0.717, 1.165) is 19.0 Å². The van der Waals surface area contributed by atoms with E-state index in [1.807, 2.05) is 20.8 Å². The summed E-state index contributed by atoms with van der Waals surface area (Å²) in [6.07, 6.45) is -3.83. The molecule has 0 aromatic heterocycles. The minimum Gasteiger partial charge on any atom is -0.475 e. The predicted molar refractivity (Wildman–Crippen MR) is 113 cm³/mol. The first kappa shape index (κ1) is 25.2. The highest BCUT2D eigenvalue weighted by Gasteiger charge is 2.47. The van der Waals surface area contributed by atoms with Crippen molar-refractivity contribution >= 4 is 11.9 Å². The number of halogens is 3. The Morgan fingerprint density at radius 3 is 2.16 bits per heavy atom. The van der Waals surface area contributed by atoms with Gasteiger partial charge in [0, 0.05) is 30.3 Å². The number of carbonyl (C=O) groups is 2. The molecule has 2 aliphatic rings. The van der Waals surface area contributed by atoms with E-state index >= 15 is 0 Å². The van der Waals surface area contributed by atoms with Gasteiger partial charge in [-0.25, -0.2) is 4.79 Å². The van der Waals surface area contributed by atoms with Crippen LogP contribution in [-0.2, 0) is 9.59 Å². The third-order valence-electron chi connectivity index (χ3n) is 5.83. The number of alkyl halides is 3. The quantitative estimate of drug-likeness (QED) is 0.715. The zero-order valence-corrected chi connectivity index (χ0v) is 18.8. The molecule has 1 aromatic carbocycles. The lowest BCUT2D eigenvalue weighted by atomic mass is 9.91. The van der Waals surface area contributed by atoms with Crippen molar-refractivity contribution in [2.24, 2.45) is 17.3 Å². The molecule has 0 unspecified atom stereocenters. The van der Waals surface area contributed by atoms with Crippen LogP contribution in [0.1, 0.15) is 64.1 Å². The number of benzene rings is 1. The monoisotopic (exact) mass is 442 g/mol. The molecule has 8 heteroatoms. The summed E-state index contributed by atoms with van der Waals surface area (Å²) in [7, 11) is 0. The third kappa shape index (κ3) is 6.45. The van der Waals surface area contributed by atoms with Gasteiger partial charge in [-0.1, -0.05) is 58.9 Å². The van der Waals surface area contributed by atoms with Crippen molar-refractivity contribution in [2.75, 3.05) is 19.6 Å². The summed E-state index contributed by atoms with van der Waals surface area (Å²) in [5, 5.41) is 10.5. The minimum absolute atomic E-state index is 0.156. The number of rotatable bonds is 4. The van der Waals surface area contributed by atoms with E-state index in [1.165, 1.54) is 24.1 Å². The highest BCUT2D eigenvalue weighted by Crippen LogP contribution is 2.49. The van der Waals surface area contributed by atoms with Gasteiger partial charge in [-0.2, -0.15) is 13.2 Å². The van der Waals surface area contributed by atoms with Gasteiger partial charge in [0.2, 0.25) is 5.91 Å². The molecule has 1 saturated heterocycles. The van der Waals surface area contributed by atoms with Gasteiger partial charge in [-0.15, -0.1) is 0 Å². The number of carboxylic acid groups (broad SMARTS) is 1. The lowest BCUT2D eigenvalue weighted by Crippen LogP contribution is -2.40. The lowest BCUT2D eigenvalue weighted by Gasteiger charge is -2.27. The molecule has 0 spiro atoms. The van der Waals surface area contributed by atoms with Crippen molar-refractivity contribution in [2.45, 2.75) is 59.2 Å². The molecule has 1 aromatic rings. The van der Waals surface area contributed by atoms with E-state index in [-0.39, 0.29) is 17.4 Å². The maximum absolute atomic E-state index is 12.6. The first-order chi connectivity index (χ1) is 14.2. The number of carboxylic acids is 1. The van der Waals surface area contributed by atoms with Crippen molar-refractivity contribution in [1.82, 2.24) is 10.2 Å². The van der Waals surface area contributed by atoms with Gasteiger partial charge in [-0.3, -0.25) is 4.79 Å². The van der Waals surface area contributed by atoms with Crippen LogP contribution in [0.4, 0.5) is 13.2 Å². The fraction of sp³-hybridized carbons (Fsp3) is 0.652. The first-order valence-electron chi connectivity index (χ1n) is 10.6. The van der Waals surface area contributed by atoms with Crippen molar-refractivity contribution in [3.8, 4) is 0 Å². The molecule has 174 valence electrons. The summed E-state index contributed by atoms with van der Waals surface area (Å²) in [5.74, 6) is -0.773. The lowest BCUT2D eigenvalue weighted by molar-refractivity contribution is -0.192. The molecule has 1 heterocycles. The average molecular weight is 443 g/mol. The summed E-state index contributed by atoms with van der Waals surface area (Å²) in [5.41, 5.74) is 2.45. The Kier molecular flexibility index (Phi) is 7.79. The van der Waals surface area contributed by atoms with Gasteiger partial charge in [0.25, 0.3) is 0 Å². The van der Waals surface area contributed by atoms with Gasteiger partial charge in [0.05, 0.1) is 6.04 Å². The van der Waals surface area contributed by atoms with Crippen LogP contribution in [0, 0.1) is 17.3 Å². The van der Waals surface area contributed by atoms with E-state index in [0.29, 0.717) is 11.8 Å². The minimum atomic E-state index is -5.08. The molecule has 0 bridgehead atoms. The zero-order valence-electron chi connectivity index (χ0n) is 18.8. The highest BCUT2D eigenvalue weighted by molar-refractivity contribution is 5.82. The first-order valence-corrected chi connectivity index (χ1v) is 10.6. The van der Waals surface area contributed by atoms with Crippen LogP contribution in [0.25, 0.3) is 0 Å². The molecule has 2 N–H and O–H groups in total. The van der Waals surface area contributed by atoms with Crippen molar-refractivity contribution in [3.05, 3.63) is 35.4 Å². The van der Waals surface area contributed by atoms with Gasteiger partial charge in [0.1, 0.15) is 0 Å². The maximum Gasteiger partial charge on any atom is 0.490 e. The predicted octanol–water partition coefficient (Wildman–Crippen LogP) is 4.60. The molecule has 1 fully saturated rings. The second-order valence-corrected chi connectivity index (χ2v) is 9.85. The molecule has 5 nitrogen and oxygen atoms in total. The Morgan fingerprint density at radius 1 is 1.13 bits per heavy atom. The molecule has 0 radical (unpaired) electrons. The molecular formula is C23H33F3N2O3. The van der Waals surface area contributed by atoms with Crippen molar-refractivity contribution in [1.29, 1.82) is 0 Å². The standard InChI is InChI=1S/C21H32N2O.C2HF3O2/c1-14(2)10-11-23-12-17-15-8-6-7-9-16(15)19(18(17)13-23)22-20(24)21(3,4)5;3-2(4,5)1(6)7/h6-9,14,17-19H,10-13H2,1-5H3,(H,22,24);(H,6,7)/t17-,18-,19+;/m0./s1. The van der Waals surface area contributed by atoms with E-state index in [1.54, 1.807) is 0 Å². The van der Waals surface area contributed by atoms with Crippen LogP contribution in [0.5, 0.6) is 0 Å². The number of nitrogens with zero attached hydrogens (tertiary/aromatic N) is 1. The summed E-state index contributed by atoms with van der Waals surface area (Å²) in [6, 6.07) is 8.89. The molecule has 3 rings (SSSR count). The number of hydrogen-bond acceptors (Lipinski definition) is 3. The molecule has 31 heavy (non-hydrogen) atoms. The zero-order chi connectivity index (χ0) is 23.6. The smallest absolute Gasteiger partial charge is 0.475 e. The largest absolute Gasteiger partial charge is 0.490 e. The number of likely N-dealkylation sites (tertiary alicyclic amines) is 1. The van der Waals surface area contributed by atoms with Gasteiger partial charge >= 0.3 is 12.1 Å². The number of hydrogen-bond donors (Lipinski definition) is 2. The molecule has 1 amide bonds. The highest BCUT2D eigenvalue weighted by atomic mass is 19.4. The fourth-order valence-corrected chi connectivity index (χ4v) is 4.11. The second-order valence-electron chi connectivity index (χ2n) is 9.85. The summed E-state index contributed by atoms with van der Waals surface area (Å²) in [4.78, 5) is 24.1. The molecule has 0 saturated carbocycles. The van der Waals surface area contributed by atoms with Crippen LogP contribution in [0.15, 0.2) is 24.3 Å². The van der Waals surface area contributed by atoms with Gasteiger partial charge < -0.3 is 15.3 Å². The number of carbonyl (C=O) groups excluding carboxylic acids is 1. The van der Waals surface area contributed by atoms with Crippen LogP contribution in [-0.4, -0.2) is 47.7 Å². The van der Waals surface area contributed by atoms with E-state index in [2.05, 4.69) is 48.3 Å². The van der Waals surface area contributed by atoms with E-state index in [9.17, 15) is 18.0 Å². The van der Waals surface area contributed by atoms with Crippen molar-refractivity contribution in [3.63, 3.8) is 0 Å². The van der Waals surface area contributed by atoms with Crippen LogP contribution in [0.2, 0.25) is 0 Å². The fourth-order valence-electron chi connectivity index (χ4n) is 4.11. The molecule has 1 aliphatic carbocycles. The van der Waals surface area contributed by atoms with Crippen LogP contribution < -0.4 is 5.32 Å². The topological polar surface area (TPSA) is 69.6 Å². The Bertz CT molecular complexity index is 787. The Morgan fingerprint density at radius 2 is 1.68 bits per heavy atom. The van der Waals surface area contributed by atoms with Crippen molar-refractivity contribution < 1.29 is 27.9 Å². The number of nitrogens with one attached hydrogen (secondary N) is 1. The van der Waals surface area contributed by atoms with Crippen LogP contribution >= 0.6 is 0 Å². The third-order valence-corrected chi connectivity index (χ3v) is 5.83. The normalized spacial score (nSPS) is 23.1. The summed E-state index contributed by atoms with van der Waals surface area (Å²) >= 11 is 0.